The maximum Gasteiger partial charge on any atom is 0.374 e. The van der Waals surface area contributed by atoms with Gasteiger partial charge in [0.25, 0.3) is 0 Å². The maximum absolute atomic E-state index is 11.2. The van der Waals surface area contributed by atoms with Crippen molar-refractivity contribution in [2.75, 3.05) is 13.4 Å². The van der Waals surface area contributed by atoms with E-state index in [2.05, 4.69) is 14.7 Å². The van der Waals surface area contributed by atoms with Crippen molar-refractivity contribution in [1.82, 2.24) is 9.97 Å². The van der Waals surface area contributed by atoms with E-state index < -0.39 is 5.97 Å². The van der Waals surface area contributed by atoms with Crippen LogP contribution in [-0.2, 0) is 4.74 Å². The molecule has 0 bridgehead atoms. The SMILES string of the molecule is COC(=O)c1cc2c(SC)ncnc2o1. The van der Waals surface area contributed by atoms with Crippen molar-refractivity contribution < 1.29 is 13.9 Å². The molecule has 2 rings (SSSR count). The maximum atomic E-state index is 11.2. The lowest BCUT2D eigenvalue weighted by molar-refractivity contribution is 0.0567. The van der Waals surface area contributed by atoms with Crippen LogP contribution in [0.3, 0.4) is 0 Å². The molecule has 0 atom stereocenters. The number of nitrogens with zero attached hydrogens (tertiary/aromatic N) is 2. The van der Waals surface area contributed by atoms with E-state index in [1.54, 1.807) is 6.07 Å². The smallest absolute Gasteiger partial charge is 0.374 e. The molecule has 0 N–H and O–H groups in total. The summed E-state index contributed by atoms with van der Waals surface area (Å²) < 4.78 is 9.78. The van der Waals surface area contributed by atoms with E-state index in [9.17, 15) is 4.79 Å². The number of fused-ring (bicyclic) bond motifs is 1. The molecule has 0 fully saturated rings. The van der Waals surface area contributed by atoms with Crippen LogP contribution in [-0.4, -0.2) is 29.3 Å². The zero-order valence-corrected chi connectivity index (χ0v) is 9.00. The Morgan fingerprint density at radius 1 is 1.53 bits per heavy atom. The summed E-state index contributed by atoms with van der Waals surface area (Å²) in [5, 5.41) is 1.50. The topological polar surface area (TPSA) is 65.2 Å². The first-order valence-electron chi connectivity index (χ1n) is 4.13. The molecule has 2 aromatic rings. The molecule has 0 aliphatic heterocycles. The van der Waals surface area contributed by atoms with Gasteiger partial charge < -0.3 is 9.15 Å². The van der Waals surface area contributed by atoms with Crippen molar-refractivity contribution in [3.8, 4) is 0 Å². The fraction of sp³-hybridized carbons (Fsp3) is 0.222. The Labute approximate surface area is 89.8 Å². The van der Waals surface area contributed by atoms with Gasteiger partial charge in [0.2, 0.25) is 11.5 Å². The number of carbonyl (C=O) groups is 1. The molecule has 5 nitrogen and oxygen atoms in total. The van der Waals surface area contributed by atoms with Crippen molar-refractivity contribution in [2.24, 2.45) is 0 Å². The van der Waals surface area contributed by atoms with Gasteiger partial charge >= 0.3 is 5.97 Å². The minimum atomic E-state index is -0.514. The number of aromatic nitrogens is 2. The molecule has 78 valence electrons. The monoisotopic (exact) mass is 224 g/mol. The summed E-state index contributed by atoms with van der Waals surface area (Å²) in [5.74, 6) is -0.372. The highest BCUT2D eigenvalue weighted by Gasteiger charge is 2.15. The summed E-state index contributed by atoms with van der Waals surface area (Å²) in [7, 11) is 1.30. The molecular weight excluding hydrogens is 216 g/mol. The van der Waals surface area contributed by atoms with E-state index in [1.165, 1.54) is 25.2 Å². The lowest BCUT2D eigenvalue weighted by Crippen LogP contribution is -1.97. The Balaban J connectivity index is 2.60. The Morgan fingerprint density at radius 2 is 2.33 bits per heavy atom. The Hall–Kier alpha value is -1.56. The average molecular weight is 224 g/mol. The van der Waals surface area contributed by atoms with E-state index in [0.717, 1.165) is 10.4 Å². The van der Waals surface area contributed by atoms with E-state index >= 15 is 0 Å². The molecule has 0 saturated heterocycles. The van der Waals surface area contributed by atoms with E-state index in [1.807, 2.05) is 6.26 Å². The van der Waals surface area contributed by atoms with Crippen molar-refractivity contribution >= 4 is 28.8 Å². The average Bonchev–Trinajstić information content (AvgIpc) is 2.71. The second-order valence-electron chi connectivity index (χ2n) is 2.70. The quantitative estimate of drug-likeness (QED) is 0.439. The Bertz CT molecular complexity index is 509. The van der Waals surface area contributed by atoms with Crippen molar-refractivity contribution in [3.05, 3.63) is 18.2 Å². The van der Waals surface area contributed by atoms with Crippen LogP contribution in [0.5, 0.6) is 0 Å². The highest BCUT2D eigenvalue weighted by Crippen LogP contribution is 2.25. The molecule has 6 heteroatoms. The molecule has 0 saturated carbocycles. The fourth-order valence-electron chi connectivity index (χ4n) is 1.20. The standard InChI is InChI=1S/C9H8N2O3S/c1-13-9(12)6-3-5-7(14-6)10-4-11-8(5)15-2/h3-4H,1-2H3. The van der Waals surface area contributed by atoms with Gasteiger partial charge in [0.05, 0.1) is 12.5 Å². The number of esters is 1. The molecule has 15 heavy (non-hydrogen) atoms. The summed E-state index contributed by atoms with van der Waals surface area (Å²) in [6.45, 7) is 0. The third-order valence-electron chi connectivity index (χ3n) is 1.87. The molecular formula is C9H8N2O3S. The predicted molar refractivity (Wildman–Crippen MR) is 54.9 cm³/mol. The molecule has 0 amide bonds. The number of hydrogen-bond donors (Lipinski definition) is 0. The summed E-state index contributed by atoms with van der Waals surface area (Å²) in [5.41, 5.74) is 0.398. The molecule has 2 aromatic heterocycles. The first-order valence-corrected chi connectivity index (χ1v) is 5.35. The minimum Gasteiger partial charge on any atom is -0.463 e. The van der Waals surface area contributed by atoms with E-state index in [-0.39, 0.29) is 5.76 Å². The summed E-state index contributed by atoms with van der Waals surface area (Å²) >= 11 is 1.47. The van der Waals surface area contributed by atoms with Gasteiger partial charge in [-0.1, -0.05) is 0 Å². The lowest BCUT2D eigenvalue weighted by atomic mass is 10.4. The van der Waals surface area contributed by atoms with E-state index in [0.29, 0.717) is 5.71 Å². The van der Waals surface area contributed by atoms with Gasteiger partial charge in [-0.25, -0.2) is 14.8 Å². The number of furan rings is 1. The number of ether oxygens (including phenoxy) is 1. The van der Waals surface area contributed by atoms with Gasteiger partial charge in [-0.15, -0.1) is 11.8 Å². The van der Waals surface area contributed by atoms with Crippen LogP contribution in [0.4, 0.5) is 0 Å². The van der Waals surface area contributed by atoms with Crippen LogP contribution in [0.2, 0.25) is 0 Å². The molecule has 0 spiro atoms. The van der Waals surface area contributed by atoms with Crippen LogP contribution in [0.25, 0.3) is 11.1 Å². The molecule has 0 aliphatic rings. The second-order valence-corrected chi connectivity index (χ2v) is 3.50. The third-order valence-corrected chi connectivity index (χ3v) is 2.58. The van der Waals surface area contributed by atoms with Crippen LogP contribution in [0.15, 0.2) is 21.8 Å². The second kappa shape index (κ2) is 3.90. The van der Waals surface area contributed by atoms with E-state index in [4.69, 9.17) is 4.42 Å². The van der Waals surface area contributed by atoms with Gasteiger partial charge in [-0.05, 0) is 6.26 Å². The Morgan fingerprint density at radius 3 is 3.00 bits per heavy atom. The number of hydrogen-bond acceptors (Lipinski definition) is 6. The van der Waals surface area contributed by atoms with Gasteiger partial charge in [-0.3, -0.25) is 0 Å². The summed E-state index contributed by atoms with van der Waals surface area (Å²) in [6.07, 6.45) is 3.30. The summed E-state index contributed by atoms with van der Waals surface area (Å²) in [4.78, 5) is 19.2. The summed E-state index contributed by atoms with van der Waals surface area (Å²) in [6, 6.07) is 1.59. The highest BCUT2D eigenvalue weighted by molar-refractivity contribution is 7.98. The number of rotatable bonds is 2. The number of carbonyl (C=O) groups excluding carboxylic acids is 1. The molecule has 0 unspecified atom stereocenters. The minimum absolute atomic E-state index is 0.142. The fourth-order valence-corrected chi connectivity index (χ4v) is 1.72. The van der Waals surface area contributed by atoms with Gasteiger partial charge in [-0.2, -0.15) is 0 Å². The largest absolute Gasteiger partial charge is 0.463 e. The van der Waals surface area contributed by atoms with Gasteiger partial charge in [0, 0.05) is 6.07 Å². The third kappa shape index (κ3) is 1.68. The first kappa shape index (κ1) is 9.97. The van der Waals surface area contributed by atoms with Crippen LogP contribution in [0.1, 0.15) is 10.6 Å². The zero-order chi connectivity index (χ0) is 10.8. The number of thioether (sulfide) groups is 1. The first-order chi connectivity index (χ1) is 7.26. The molecule has 0 radical (unpaired) electrons. The van der Waals surface area contributed by atoms with Gasteiger partial charge in [0.15, 0.2) is 0 Å². The zero-order valence-electron chi connectivity index (χ0n) is 8.18. The molecule has 2 heterocycles. The molecule has 0 aliphatic carbocycles. The molecule has 0 aromatic carbocycles. The van der Waals surface area contributed by atoms with Crippen molar-refractivity contribution in [3.63, 3.8) is 0 Å². The Kier molecular flexibility index (Phi) is 2.59. The van der Waals surface area contributed by atoms with Crippen LogP contribution >= 0.6 is 11.8 Å². The van der Waals surface area contributed by atoms with Crippen LogP contribution in [0, 0.1) is 0 Å². The van der Waals surface area contributed by atoms with Crippen molar-refractivity contribution in [2.45, 2.75) is 5.03 Å². The number of methoxy groups -OCH3 is 1. The van der Waals surface area contributed by atoms with Crippen molar-refractivity contribution in [1.29, 1.82) is 0 Å². The normalized spacial score (nSPS) is 10.5. The van der Waals surface area contributed by atoms with Gasteiger partial charge in [0.1, 0.15) is 11.4 Å². The van der Waals surface area contributed by atoms with Crippen LogP contribution < -0.4 is 0 Å². The predicted octanol–water partition coefficient (Wildman–Crippen LogP) is 1.73. The highest BCUT2D eigenvalue weighted by atomic mass is 32.2. The lowest BCUT2D eigenvalue weighted by Gasteiger charge is -1.92.